The van der Waals surface area contributed by atoms with E-state index in [0.29, 0.717) is 0 Å². The lowest BCUT2D eigenvalue weighted by atomic mass is 9.80. The number of aromatic nitrogens is 1. The first-order chi connectivity index (χ1) is 9.79. The van der Waals surface area contributed by atoms with E-state index in [1.165, 1.54) is 0 Å². The summed E-state index contributed by atoms with van der Waals surface area (Å²) in [5, 5.41) is 0. The maximum atomic E-state index is 6.04. The van der Waals surface area contributed by atoms with E-state index >= 15 is 0 Å². The predicted octanol–water partition coefficient (Wildman–Crippen LogP) is 2.22. The molecule has 0 saturated carbocycles. The minimum atomic E-state index is -0.329. The summed E-state index contributed by atoms with van der Waals surface area (Å²) in [5.74, 6) is 0. The number of pyridine rings is 1. The van der Waals surface area contributed by atoms with E-state index in [-0.39, 0.29) is 18.3 Å². The Bertz CT molecular complexity index is 454. The van der Waals surface area contributed by atoms with Crippen LogP contribution >= 0.6 is 0 Å². The fraction of sp³-hybridized carbons (Fsp3) is 0.688. The van der Waals surface area contributed by atoms with E-state index < -0.39 is 0 Å². The molecule has 0 aromatic carbocycles. The second-order valence-electron chi connectivity index (χ2n) is 6.63. The zero-order valence-corrected chi connectivity index (χ0v) is 14.1. The van der Waals surface area contributed by atoms with Crippen LogP contribution in [0.2, 0.25) is 0 Å². The van der Waals surface area contributed by atoms with Gasteiger partial charge in [0, 0.05) is 18.2 Å². The predicted molar refractivity (Wildman–Crippen MR) is 86.6 cm³/mol. The molecule has 4 nitrogen and oxygen atoms in total. The molecule has 0 unspecified atom stereocenters. The summed E-state index contributed by atoms with van der Waals surface area (Å²) in [6, 6.07) is 4.13. The van der Waals surface area contributed by atoms with Gasteiger partial charge in [-0.1, -0.05) is 19.9 Å². The summed E-state index contributed by atoms with van der Waals surface area (Å²) in [4.78, 5) is 6.90. The van der Waals surface area contributed by atoms with E-state index in [4.69, 9.17) is 9.31 Å². The van der Waals surface area contributed by atoms with Crippen molar-refractivity contribution in [3.05, 3.63) is 24.0 Å². The van der Waals surface area contributed by atoms with Crippen LogP contribution in [0.5, 0.6) is 0 Å². The second-order valence-corrected chi connectivity index (χ2v) is 6.63. The Morgan fingerprint density at radius 2 is 1.62 bits per heavy atom. The highest BCUT2D eigenvalue weighted by molar-refractivity contribution is 6.62. The smallest absolute Gasteiger partial charge is 0.399 e. The summed E-state index contributed by atoms with van der Waals surface area (Å²) >= 11 is 0. The highest BCUT2D eigenvalue weighted by Crippen LogP contribution is 2.36. The Balaban J connectivity index is 2.07. The van der Waals surface area contributed by atoms with Crippen molar-refractivity contribution in [2.45, 2.75) is 59.3 Å². The molecule has 0 atom stereocenters. The van der Waals surface area contributed by atoms with Gasteiger partial charge in [-0.25, -0.2) is 0 Å². The summed E-state index contributed by atoms with van der Waals surface area (Å²) in [5.41, 5.74) is 1.45. The molecular formula is C16H27BN2O2. The molecule has 0 radical (unpaired) electrons. The van der Waals surface area contributed by atoms with Crippen molar-refractivity contribution in [3.63, 3.8) is 0 Å². The fourth-order valence-corrected chi connectivity index (χ4v) is 2.32. The summed E-state index contributed by atoms with van der Waals surface area (Å²) < 4.78 is 12.1. The van der Waals surface area contributed by atoms with Crippen molar-refractivity contribution in [1.29, 1.82) is 0 Å². The highest BCUT2D eigenvalue weighted by Gasteiger charge is 2.51. The minimum absolute atomic E-state index is 0.308. The average Bonchev–Trinajstić information content (AvgIpc) is 2.65. The maximum absolute atomic E-state index is 6.04. The van der Waals surface area contributed by atoms with Crippen molar-refractivity contribution >= 4 is 12.6 Å². The molecule has 0 bridgehead atoms. The molecule has 21 heavy (non-hydrogen) atoms. The average molecular weight is 290 g/mol. The van der Waals surface area contributed by atoms with Crippen LogP contribution in [0.15, 0.2) is 18.3 Å². The molecule has 1 aliphatic rings. The lowest BCUT2D eigenvalue weighted by Gasteiger charge is -2.32. The molecule has 1 aliphatic heterocycles. The second kappa shape index (κ2) is 6.07. The van der Waals surface area contributed by atoms with E-state index in [9.17, 15) is 0 Å². The molecule has 0 aliphatic carbocycles. The highest BCUT2D eigenvalue weighted by atomic mass is 16.7. The first-order valence-electron chi connectivity index (χ1n) is 7.82. The minimum Gasteiger partial charge on any atom is -0.399 e. The van der Waals surface area contributed by atoms with Gasteiger partial charge in [-0.3, -0.25) is 9.88 Å². The Morgan fingerprint density at radius 3 is 2.05 bits per heavy atom. The van der Waals surface area contributed by atoms with Gasteiger partial charge in [0.05, 0.1) is 16.9 Å². The molecule has 116 valence electrons. The van der Waals surface area contributed by atoms with Crippen molar-refractivity contribution in [1.82, 2.24) is 9.88 Å². The van der Waals surface area contributed by atoms with Crippen LogP contribution in [0.4, 0.5) is 0 Å². The third-order valence-corrected chi connectivity index (χ3v) is 4.65. The Labute approximate surface area is 129 Å². The number of hydrogen-bond donors (Lipinski definition) is 0. The Kier molecular flexibility index (Phi) is 4.76. The zero-order valence-electron chi connectivity index (χ0n) is 14.1. The van der Waals surface area contributed by atoms with E-state index in [1.54, 1.807) is 0 Å². The van der Waals surface area contributed by atoms with Crippen LogP contribution in [0.3, 0.4) is 0 Å². The SMILES string of the molecule is CCN(CC)Cc1ccc(B2OC(C)(C)C(C)(C)O2)cn1. The van der Waals surface area contributed by atoms with Gasteiger partial charge in [-0.15, -0.1) is 0 Å². The topological polar surface area (TPSA) is 34.6 Å². The van der Waals surface area contributed by atoms with Gasteiger partial charge in [-0.2, -0.15) is 0 Å². The maximum Gasteiger partial charge on any atom is 0.496 e. The van der Waals surface area contributed by atoms with Gasteiger partial charge in [0.2, 0.25) is 0 Å². The molecular weight excluding hydrogens is 263 g/mol. The van der Waals surface area contributed by atoms with Crippen LogP contribution in [-0.4, -0.2) is 41.3 Å². The van der Waals surface area contributed by atoms with Crippen LogP contribution in [0, 0.1) is 0 Å². The molecule has 5 heteroatoms. The summed E-state index contributed by atoms with van der Waals surface area (Å²) in [6.45, 7) is 15.6. The van der Waals surface area contributed by atoms with Crippen molar-refractivity contribution in [2.75, 3.05) is 13.1 Å². The summed E-state index contributed by atoms with van der Waals surface area (Å²) in [6.07, 6.45) is 1.88. The van der Waals surface area contributed by atoms with Crippen molar-refractivity contribution < 1.29 is 9.31 Å². The fourth-order valence-electron chi connectivity index (χ4n) is 2.32. The molecule has 1 fully saturated rings. The molecule has 1 aromatic rings. The molecule has 0 N–H and O–H groups in total. The van der Waals surface area contributed by atoms with Crippen LogP contribution < -0.4 is 5.46 Å². The van der Waals surface area contributed by atoms with Gasteiger partial charge in [0.1, 0.15) is 0 Å². The lowest BCUT2D eigenvalue weighted by Crippen LogP contribution is -2.41. The van der Waals surface area contributed by atoms with E-state index in [1.807, 2.05) is 6.20 Å². The van der Waals surface area contributed by atoms with Crippen LogP contribution in [-0.2, 0) is 15.9 Å². The van der Waals surface area contributed by atoms with E-state index in [0.717, 1.165) is 30.8 Å². The first kappa shape index (κ1) is 16.5. The van der Waals surface area contributed by atoms with Gasteiger partial charge >= 0.3 is 7.12 Å². The van der Waals surface area contributed by atoms with Crippen LogP contribution in [0.25, 0.3) is 0 Å². The molecule has 1 saturated heterocycles. The van der Waals surface area contributed by atoms with Crippen molar-refractivity contribution in [3.8, 4) is 0 Å². The largest absolute Gasteiger partial charge is 0.496 e. The number of hydrogen-bond acceptors (Lipinski definition) is 4. The molecule has 0 amide bonds. The molecule has 2 rings (SSSR count). The van der Waals surface area contributed by atoms with Crippen LogP contribution in [0.1, 0.15) is 47.2 Å². The lowest BCUT2D eigenvalue weighted by molar-refractivity contribution is 0.00578. The monoisotopic (exact) mass is 290 g/mol. The summed E-state index contributed by atoms with van der Waals surface area (Å²) in [7, 11) is -0.329. The quantitative estimate of drug-likeness (QED) is 0.779. The third-order valence-electron chi connectivity index (χ3n) is 4.65. The number of rotatable bonds is 5. The van der Waals surface area contributed by atoms with Gasteiger partial charge < -0.3 is 9.31 Å². The van der Waals surface area contributed by atoms with Crippen molar-refractivity contribution in [2.24, 2.45) is 0 Å². The number of nitrogens with zero attached hydrogens (tertiary/aromatic N) is 2. The van der Waals surface area contributed by atoms with Gasteiger partial charge in [0.25, 0.3) is 0 Å². The Morgan fingerprint density at radius 1 is 1.05 bits per heavy atom. The first-order valence-corrected chi connectivity index (χ1v) is 7.82. The van der Waals surface area contributed by atoms with E-state index in [2.05, 4.69) is 63.6 Å². The molecule has 0 spiro atoms. The van der Waals surface area contributed by atoms with Gasteiger partial charge in [0.15, 0.2) is 0 Å². The normalized spacial score (nSPS) is 20.2. The Hall–Kier alpha value is -0.905. The standard InChI is InChI=1S/C16H27BN2O2/c1-7-19(8-2)12-14-10-9-13(11-18-14)17-20-15(3,4)16(5,6)21-17/h9-11H,7-8,12H2,1-6H3. The zero-order chi connectivity index (χ0) is 15.7. The third kappa shape index (κ3) is 3.47. The molecule has 2 heterocycles. The molecule has 1 aromatic heterocycles. The van der Waals surface area contributed by atoms with Gasteiger partial charge in [-0.05, 0) is 46.9 Å².